The summed E-state index contributed by atoms with van der Waals surface area (Å²) < 4.78 is 0. The van der Waals surface area contributed by atoms with Crippen LogP contribution in [0.4, 0.5) is 0 Å². The van der Waals surface area contributed by atoms with Crippen LogP contribution in [0.3, 0.4) is 0 Å². The van der Waals surface area contributed by atoms with Crippen molar-refractivity contribution in [1.29, 1.82) is 0 Å². The molecule has 58 valence electrons. The Bertz CT molecular complexity index is 139. The molecule has 0 amide bonds. The van der Waals surface area contributed by atoms with E-state index < -0.39 is 24.1 Å². The zero-order valence-electron chi connectivity index (χ0n) is 5.39. The van der Waals surface area contributed by atoms with Gasteiger partial charge in [0, 0.05) is 0 Å². The van der Waals surface area contributed by atoms with E-state index in [1.165, 1.54) is 0 Å². The Morgan fingerprint density at radius 3 is 1.27 bits per heavy atom. The van der Waals surface area contributed by atoms with Gasteiger partial charge in [-0.2, -0.15) is 0 Å². The fraction of sp³-hybridized carbons (Fsp3) is 0.500. The minimum absolute atomic E-state index is 0. The molecule has 11 heavy (non-hydrogen) atoms. The molecule has 0 saturated carbocycles. The zero-order valence-corrected chi connectivity index (χ0v) is 7.60. The molecule has 0 saturated heterocycles. The topological polar surface area (TPSA) is 121 Å². The van der Waals surface area contributed by atoms with Gasteiger partial charge in [-0.25, -0.2) is 0 Å². The number of carboxylic acids is 2. The molecule has 0 aliphatic heterocycles. The monoisotopic (exact) mass is 188 g/mol. The van der Waals surface area contributed by atoms with Crippen LogP contribution in [0.15, 0.2) is 0 Å². The van der Waals surface area contributed by atoms with Crippen molar-refractivity contribution in [1.82, 2.24) is 0 Å². The van der Waals surface area contributed by atoms with Gasteiger partial charge in [-0.3, -0.25) is 0 Å². The number of hydrogen-bond donors (Lipinski definition) is 2. The second kappa shape index (κ2) is 5.73. The number of carbonyl (C=O) groups is 2. The smallest absolute Gasteiger partial charge is 0.547 e. The molecule has 0 heterocycles. The summed E-state index contributed by atoms with van der Waals surface area (Å²) in [7, 11) is 0. The maximum Gasteiger partial charge on any atom is 2.00 e. The summed E-state index contributed by atoms with van der Waals surface area (Å²) in [4.78, 5) is 19.3. The molecule has 0 rings (SSSR count). The fourth-order valence-corrected chi connectivity index (χ4v) is 0.258. The first-order valence-electron chi connectivity index (χ1n) is 2.24. The average molecular weight is 188 g/mol. The summed E-state index contributed by atoms with van der Waals surface area (Å²) >= 11 is 0. The average Bonchev–Trinajstić information content (AvgIpc) is 1.84. The number of aliphatic hydroxyl groups is 2. The minimum Gasteiger partial charge on any atom is -0.547 e. The Hall–Kier alpha value is 0.120. The normalized spacial score (nSPS) is 14.4. The van der Waals surface area contributed by atoms with Crippen LogP contribution in [-0.2, 0) is 9.59 Å². The van der Waals surface area contributed by atoms with E-state index >= 15 is 0 Å². The van der Waals surface area contributed by atoms with E-state index in [0.717, 1.165) is 0 Å². The standard InChI is InChI=1S/C4H6O6.Ca/c5-1(3(7)8)2(6)4(9)10;/h1-2,5-6H,(H,7,8)(H,9,10);/q;+2/p-2/t1-,2-;/m0./s1. The molecule has 0 spiro atoms. The van der Waals surface area contributed by atoms with Crippen LogP contribution in [0, 0.1) is 0 Å². The molecule has 0 radical (unpaired) electrons. The summed E-state index contributed by atoms with van der Waals surface area (Å²) in [6.07, 6.45) is -4.88. The van der Waals surface area contributed by atoms with Crippen molar-refractivity contribution in [2.75, 3.05) is 0 Å². The van der Waals surface area contributed by atoms with Crippen molar-refractivity contribution in [3.8, 4) is 0 Å². The molecular formula is C4H4CaO6. The molecule has 2 N–H and O–H groups in total. The van der Waals surface area contributed by atoms with Crippen LogP contribution in [0.1, 0.15) is 0 Å². The molecule has 7 heteroatoms. The maximum absolute atomic E-state index is 9.63. The number of carbonyl (C=O) groups excluding carboxylic acids is 2. The molecule has 0 aromatic carbocycles. The predicted molar refractivity (Wildman–Crippen MR) is 27.8 cm³/mol. The Labute approximate surface area is 91.4 Å². The quantitative estimate of drug-likeness (QED) is 0.427. The van der Waals surface area contributed by atoms with Crippen LogP contribution in [0.25, 0.3) is 0 Å². The molecule has 6 nitrogen and oxygen atoms in total. The second-order valence-electron chi connectivity index (χ2n) is 1.53. The van der Waals surface area contributed by atoms with Crippen molar-refractivity contribution in [3.63, 3.8) is 0 Å². The maximum atomic E-state index is 9.63. The van der Waals surface area contributed by atoms with E-state index in [4.69, 9.17) is 10.2 Å². The van der Waals surface area contributed by atoms with Gasteiger partial charge in [-0.15, -0.1) is 0 Å². The first kappa shape index (κ1) is 13.7. The van der Waals surface area contributed by atoms with Crippen LogP contribution >= 0.6 is 0 Å². The van der Waals surface area contributed by atoms with Gasteiger partial charge in [0.15, 0.2) is 0 Å². The third-order valence-electron chi connectivity index (χ3n) is 0.782. The van der Waals surface area contributed by atoms with Gasteiger partial charge in [0.25, 0.3) is 0 Å². The fourth-order valence-electron chi connectivity index (χ4n) is 0.258. The SMILES string of the molecule is O=C([O-])[C@@H](O)[C@H](O)C(=O)[O-].[Ca+2]. The molecule has 0 fully saturated rings. The molecule has 0 aromatic heterocycles. The molecular weight excluding hydrogens is 184 g/mol. The number of aliphatic carboxylic acids is 2. The predicted octanol–water partition coefficient (Wildman–Crippen LogP) is -5.17. The number of carboxylic acid groups (broad SMARTS) is 2. The second-order valence-corrected chi connectivity index (χ2v) is 1.53. The van der Waals surface area contributed by atoms with Gasteiger partial charge in [0.2, 0.25) is 0 Å². The van der Waals surface area contributed by atoms with E-state index in [1.807, 2.05) is 0 Å². The van der Waals surface area contributed by atoms with Crippen molar-refractivity contribution >= 4 is 49.7 Å². The van der Waals surface area contributed by atoms with Crippen LogP contribution in [-0.4, -0.2) is 72.1 Å². The summed E-state index contributed by atoms with van der Waals surface area (Å²) in [6.45, 7) is 0. The number of aliphatic hydroxyl groups excluding tert-OH is 2. The van der Waals surface area contributed by atoms with Crippen LogP contribution in [0.5, 0.6) is 0 Å². The Morgan fingerprint density at radius 2 is 1.18 bits per heavy atom. The summed E-state index contributed by atoms with van der Waals surface area (Å²) in [5, 5.41) is 35.7. The van der Waals surface area contributed by atoms with Crippen molar-refractivity contribution in [2.45, 2.75) is 12.2 Å². The van der Waals surface area contributed by atoms with Crippen molar-refractivity contribution in [3.05, 3.63) is 0 Å². The third-order valence-corrected chi connectivity index (χ3v) is 0.782. The summed E-state index contributed by atoms with van der Waals surface area (Å²) in [5.74, 6) is -4.12. The van der Waals surface area contributed by atoms with Gasteiger partial charge < -0.3 is 30.0 Å². The molecule has 2 atom stereocenters. The Morgan fingerprint density at radius 1 is 1.00 bits per heavy atom. The molecule has 0 aliphatic rings. The summed E-state index contributed by atoms with van der Waals surface area (Å²) in [5.41, 5.74) is 0. The van der Waals surface area contributed by atoms with Crippen LogP contribution < -0.4 is 10.2 Å². The molecule has 0 bridgehead atoms. The van der Waals surface area contributed by atoms with E-state index in [9.17, 15) is 19.8 Å². The van der Waals surface area contributed by atoms with E-state index in [-0.39, 0.29) is 37.7 Å². The van der Waals surface area contributed by atoms with E-state index in [1.54, 1.807) is 0 Å². The van der Waals surface area contributed by atoms with Crippen molar-refractivity contribution in [2.24, 2.45) is 0 Å². The van der Waals surface area contributed by atoms with Gasteiger partial charge in [0.05, 0.1) is 11.9 Å². The van der Waals surface area contributed by atoms with E-state index in [2.05, 4.69) is 0 Å². The first-order valence-corrected chi connectivity index (χ1v) is 2.24. The van der Waals surface area contributed by atoms with Gasteiger partial charge in [-0.1, -0.05) is 0 Å². The van der Waals surface area contributed by atoms with Gasteiger partial charge >= 0.3 is 37.7 Å². The van der Waals surface area contributed by atoms with Crippen molar-refractivity contribution < 1.29 is 30.0 Å². The Balaban J connectivity index is 0. The third kappa shape index (κ3) is 4.54. The minimum atomic E-state index is -2.44. The Kier molecular flexibility index (Phi) is 7.13. The van der Waals surface area contributed by atoms with Gasteiger partial charge in [-0.05, 0) is 0 Å². The first-order chi connectivity index (χ1) is 4.46. The number of hydrogen-bond acceptors (Lipinski definition) is 6. The number of rotatable bonds is 3. The summed E-state index contributed by atoms with van der Waals surface area (Å²) in [6, 6.07) is 0. The molecule has 0 unspecified atom stereocenters. The molecule has 0 aromatic rings. The zero-order chi connectivity index (χ0) is 8.31. The van der Waals surface area contributed by atoms with E-state index in [0.29, 0.717) is 0 Å². The van der Waals surface area contributed by atoms with Gasteiger partial charge in [0.1, 0.15) is 12.2 Å². The molecule has 0 aliphatic carbocycles. The largest absolute Gasteiger partial charge is 2.00 e. The van der Waals surface area contributed by atoms with Crippen LogP contribution in [0.2, 0.25) is 0 Å².